The third kappa shape index (κ3) is 4.51. The number of nitrogens with zero attached hydrogens (tertiary/aromatic N) is 4. The Balaban J connectivity index is 1.71. The lowest BCUT2D eigenvalue weighted by Crippen LogP contribution is -2.42. The molecule has 0 aromatic carbocycles. The van der Waals surface area contributed by atoms with Gasteiger partial charge in [0.2, 0.25) is 5.91 Å². The Morgan fingerprint density at radius 3 is 2.67 bits per heavy atom. The first-order valence-corrected chi connectivity index (χ1v) is 9.19. The fourth-order valence-electron chi connectivity index (χ4n) is 3.56. The summed E-state index contributed by atoms with van der Waals surface area (Å²) in [5.74, 6) is -0.146. The molecule has 0 saturated carbocycles. The van der Waals surface area contributed by atoms with Crippen molar-refractivity contribution < 1.29 is 9.59 Å². The molecule has 27 heavy (non-hydrogen) atoms. The van der Waals surface area contributed by atoms with Gasteiger partial charge < -0.3 is 10.6 Å². The number of rotatable bonds is 6. The molecule has 0 radical (unpaired) electrons. The zero-order chi connectivity index (χ0) is 19.4. The number of likely N-dealkylation sites (N-methyl/N-ethyl adjacent to an activating group) is 1. The van der Waals surface area contributed by atoms with Crippen molar-refractivity contribution in [3.05, 3.63) is 47.5 Å². The lowest BCUT2D eigenvalue weighted by atomic mass is 10.1. The predicted molar refractivity (Wildman–Crippen MR) is 101 cm³/mol. The van der Waals surface area contributed by atoms with Crippen molar-refractivity contribution in [3.8, 4) is 0 Å². The van der Waals surface area contributed by atoms with E-state index >= 15 is 0 Å². The van der Waals surface area contributed by atoms with Crippen molar-refractivity contribution >= 4 is 11.8 Å². The highest BCUT2D eigenvalue weighted by Crippen LogP contribution is 2.21. The Kier molecular flexibility index (Phi) is 5.85. The highest BCUT2D eigenvalue weighted by Gasteiger charge is 2.37. The maximum Gasteiger partial charge on any atom is 0.255 e. The third-order valence-electron chi connectivity index (χ3n) is 4.79. The summed E-state index contributed by atoms with van der Waals surface area (Å²) in [4.78, 5) is 31.3. The number of carbonyl (C=O) groups excluding carboxylic acids is 2. The summed E-state index contributed by atoms with van der Waals surface area (Å²) in [7, 11) is 1.79. The number of hydrogen-bond acceptors (Lipinski definition) is 5. The summed E-state index contributed by atoms with van der Waals surface area (Å²) in [6.07, 6.45) is 5.80. The maximum atomic E-state index is 12.6. The number of hydrogen-bond donors (Lipinski definition) is 2. The van der Waals surface area contributed by atoms with E-state index in [-0.39, 0.29) is 23.9 Å². The van der Waals surface area contributed by atoms with Crippen LogP contribution in [0.25, 0.3) is 0 Å². The van der Waals surface area contributed by atoms with Crippen molar-refractivity contribution in [1.29, 1.82) is 0 Å². The Labute approximate surface area is 159 Å². The zero-order valence-electron chi connectivity index (χ0n) is 16.0. The monoisotopic (exact) mass is 370 g/mol. The molecule has 1 fully saturated rings. The molecule has 0 spiro atoms. The minimum atomic E-state index is -0.265. The first kappa shape index (κ1) is 19.0. The van der Waals surface area contributed by atoms with Crippen molar-refractivity contribution in [2.75, 3.05) is 13.1 Å². The van der Waals surface area contributed by atoms with Gasteiger partial charge in [-0.2, -0.15) is 5.10 Å². The third-order valence-corrected chi connectivity index (χ3v) is 4.79. The van der Waals surface area contributed by atoms with Crippen LogP contribution in [0, 0.1) is 6.92 Å². The molecule has 2 aromatic heterocycles. The molecule has 2 aromatic rings. The van der Waals surface area contributed by atoms with E-state index in [2.05, 4.69) is 25.6 Å². The SMILES string of the molecule is CCNC(=O)[C@@H]1C[C@@H](NC(=O)c2cn(C)nc2C)CN1Cc1ccncc1. The number of aromatic nitrogens is 3. The smallest absolute Gasteiger partial charge is 0.255 e. The van der Waals surface area contributed by atoms with E-state index in [1.807, 2.05) is 26.0 Å². The molecule has 0 unspecified atom stereocenters. The first-order chi connectivity index (χ1) is 13.0. The predicted octanol–water partition coefficient (Wildman–Crippen LogP) is 0.633. The molecule has 1 aliphatic heterocycles. The van der Waals surface area contributed by atoms with Crippen molar-refractivity contribution in [1.82, 2.24) is 30.3 Å². The lowest BCUT2D eigenvalue weighted by molar-refractivity contribution is -0.125. The quantitative estimate of drug-likeness (QED) is 0.778. The summed E-state index contributed by atoms with van der Waals surface area (Å²) in [5, 5.41) is 10.2. The van der Waals surface area contributed by atoms with Gasteiger partial charge in [0, 0.05) is 51.3 Å². The molecule has 3 heterocycles. The summed E-state index contributed by atoms with van der Waals surface area (Å²) < 4.78 is 1.63. The van der Waals surface area contributed by atoms with Gasteiger partial charge in [-0.25, -0.2) is 0 Å². The Morgan fingerprint density at radius 1 is 1.30 bits per heavy atom. The van der Waals surface area contributed by atoms with Crippen LogP contribution in [0.15, 0.2) is 30.7 Å². The summed E-state index contributed by atoms with van der Waals surface area (Å²) in [6.45, 7) is 5.57. The highest BCUT2D eigenvalue weighted by molar-refractivity contribution is 5.95. The fourth-order valence-corrected chi connectivity index (χ4v) is 3.56. The van der Waals surface area contributed by atoms with Crippen molar-refractivity contribution in [2.45, 2.75) is 38.9 Å². The number of pyridine rings is 1. The topological polar surface area (TPSA) is 92.2 Å². The van der Waals surface area contributed by atoms with Gasteiger partial charge in [0.25, 0.3) is 5.91 Å². The maximum absolute atomic E-state index is 12.6. The number of aryl methyl sites for hydroxylation is 2. The average Bonchev–Trinajstić information content (AvgIpc) is 3.18. The van der Waals surface area contributed by atoms with Gasteiger partial charge >= 0.3 is 0 Å². The molecule has 2 atom stereocenters. The van der Waals surface area contributed by atoms with E-state index in [1.54, 1.807) is 30.3 Å². The van der Waals surface area contributed by atoms with Crippen molar-refractivity contribution in [2.24, 2.45) is 7.05 Å². The number of amides is 2. The van der Waals surface area contributed by atoms with Crippen LogP contribution in [0.3, 0.4) is 0 Å². The molecule has 8 heteroatoms. The number of likely N-dealkylation sites (tertiary alicyclic amines) is 1. The number of nitrogens with one attached hydrogen (secondary N) is 2. The normalized spacial score (nSPS) is 19.8. The van der Waals surface area contributed by atoms with Crippen LogP contribution in [-0.2, 0) is 18.4 Å². The fraction of sp³-hybridized carbons (Fsp3) is 0.474. The second kappa shape index (κ2) is 8.30. The second-order valence-electron chi connectivity index (χ2n) is 6.90. The van der Waals surface area contributed by atoms with Crippen LogP contribution in [-0.4, -0.2) is 56.7 Å². The van der Waals surface area contributed by atoms with E-state index in [0.29, 0.717) is 37.3 Å². The highest BCUT2D eigenvalue weighted by atomic mass is 16.2. The van der Waals surface area contributed by atoms with Crippen LogP contribution >= 0.6 is 0 Å². The molecule has 3 rings (SSSR count). The molecule has 2 amide bonds. The Bertz CT molecular complexity index is 804. The second-order valence-corrected chi connectivity index (χ2v) is 6.90. The van der Waals surface area contributed by atoms with E-state index in [9.17, 15) is 9.59 Å². The van der Waals surface area contributed by atoms with Crippen LogP contribution in [0.2, 0.25) is 0 Å². The number of carbonyl (C=O) groups is 2. The lowest BCUT2D eigenvalue weighted by Gasteiger charge is -2.23. The van der Waals surface area contributed by atoms with Crippen LogP contribution in [0.4, 0.5) is 0 Å². The molecule has 144 valence electrons. The van der Waals surface area contributed by atoms with Gasteiger partial charge in [-0.15, -0.1) is 0 Å². The van der Waals surface area contributed by atoms with Crippen LogP contribution < -0.4 is 10.6 Å². The Morgan fingerprint density at radius 2 is 2.04 bits per heavy atom. The molecule has 8 nitrogen and oxygen atoms in total. The van der Waals surface area contributed by atoms with Gasteiger partial charge in [-0.1, -0.05) is 0 Å². The largest absolute Gasteiger partial charge is 0.355 e. The minimum absolute atomic E-state index is 0.000799. The standard InChI is InChI=1S/C19H26N6O2/c1-4-21-19(27)17-9-15(11-25(17)10-14-5-7-20-8-6-14)22-18(26)16-12-24(3)23-13(16)2/h5-8,12,15,17H,4,9-11H2,1-3H3,(H,21,27)(H,22,26)/t15-,17+/m1/s1. The van der Waals surface area contributed by atoms with E-state index in [1.165, 1.54) is 0 Å². The molecule has 1 aliphatic rings. The average molecular weight is 370 g/mol. The molecular weight excluding hydrogens is 344 g/mol. The van der Waals surface area contributed by atoms with E-state index < -0.39 is 0 Å². The van der Waals surface area contributed by atoms with Crippen LogP contribution in [0.5, 0.6) is 0 Å². The van der Waals surface area contributed by atoms with Gasteiger partial charge in [-0.3, -0.25) is 24.2 Å². The van der Waals surface area contributed by atoms with Gasteiger partial charge in [0.15, 0.2) is 0 Å². The van der Waals surface area contributed by atoms with E-state index in [4.69, 9.17) is 0 Å². The zero-order valence-corrected chi connectivity index (χ0v) is 16.0. The molecular formula is C19H26N6O2. The molecule has 0 aliphatic carbocycles. The summed E-state index contributed by atoms with van der Waals surface area (Å²) in [6, 6.07) is 3.53. The van der Waals surface area contributed by atoms with Gasteiger partial charge in [0.05, 0.1) is 17.3 Å². The Hall–Kier alpha value is -2.74. The summed E-state index contributed by atoms with van der Waals surface area (Å²) in [5.41, 5.74) is 2.36. The summed E-state index contributed by atoms with van der Waals surface area (Å²) >= 11 is 0. The molecule has 0 bridgehead atoms. The van der Waals surface area contributed by atoms with E-state index in [0.717, 1.165) is 5.56 Å². The molecule has 2 N–H and O–H groups in total. The molecule has 1 saturated heterocycles. The van der Waals surface area contributed by atoms with Crippen LogP contribution in [0.1, 0.15) is 35.0 Å². The van der Waals surface area contributed by atoms with Gasteiger partial charge in [0.1, 0.15) is 0 Å². The van der Waals surface area contributed by atoms with Gasteiger partial charge in [-0.05, 0) is 38.0 Å². The minimum Gasteiger partial charge on any atom is -0.355 e. The van der Waals surface area contributed by atoms with Crippen molar-refractivity contribution in [3.63, 3.8) is 0 Å². The first-order valence-electron chi connectivity index (χ1n) is 9.19.